The van der Waals surface area contributed by atoms with Gasteiger partial charge in [-0.25, -0.2) is 4.79 Å². The van der Waals surface area contributed by atoms with Crippen molar-refractivity contribution in [3.05, 3.63) is 49.6 Å². The predicted octanol–water partition coefficient (Wildman–Crippen LogP) is 4.94. The Labute approximate surface area is 136 Å². The predicted molar refractivity (Wildman–Crippen MR) is 86.8 cm³/mol. The highest BCUT2D eigenvalue weighted by Gasteiger charge is 2.26. The Hall–Kier alpha value is -1.23. The summed E-state index contributed by atoms with van der Waals surface area (Å²) in [6.07, 6.45) is 1.98. The van der Waals surface area contributed by atoms with Crippen LogP contribution in [-0.2, 0) is 11.2 Å². The van der Waals surface area contributed by atoms with Crippen LogP contribution in [0.2, 0.25) is 9.36 Å². The van der Waals surface area contributed by atoms with Gasteiger partial charge in [0.1, 0.15) is 0 Å². The van der Waals surface area contributed by atoms with E-state index in [9.17, 15) is 4.79 Å². The topological polar surface area (TPSA) is 38.3 Å². The summed E-state index contributed by atoms with van der Waals surface area (Å²) in [5.41, 5.74) is 2.38. The smallest absolute Gasteiger partial charge is 0.339 e. The van der Waals surface area contributed by atoms with E-state index < -0.39 is 0 Å². The standard InChI is InChI=1S/C15H13Cl2NO2S/c1-20-15(19)9-3-2-8(16)6-12(9)18-11-4-5-13-10(11)7-14(17)21-13/h2-3,6-7,11,18H,4-5H2,1H3. The summed E-state index contributed by atoms with van der Waals surface area (Å²) in [6.45, 7) is 0. The Kier molecular flexibility index (Phi) is 4.11. The van der Waals surface area contributed by atoms with Crippen molar-refractivity contribution in [1.29, 1.82) is 0 Å². The molecule has 0 saturated heterocycles. The van der Waals surface area contributed by atoms with Crippen LogP contribution in [0.1, 0.15) is 33.3 Å². The molecule has 21 heavy (non-hydrogen) atoms. The van der Waals surface area contributed by atoms with E-state index in [1.54, 1.807) is 29.5 Å². The van der Waals surface area contributed by atoms with Crippen LogP contribution in [0.25, 0.3) is 0 Å². The molecule has 0 bridgehead atoms. The molecule has 1 atom stereocenters. The summed E-state index contributed by atoms with van der Waals surface area (Å²) in [5, 5.41) is 3.97. The minimum absolute atomic E-state index is 0.144. The molecule has 1 heterocycles. The van der Waals surface area contributed by atoms with Gasteiger partial charge in [0.2, 0.25) is 0 Å². The number of hydrogen-bond donors (Lipinski definition) is 1. The van der Waals surface area contributed by atoms with Crippen molar-refractivity contribution in [3.63, 3.8) is 0 Å². The van der Waals surface area contributed by atoms with Crippen molar-refractivity contribution in [2.24, 2.45) is 0 Å². The van der Waals surface area contributed by atoms with Gasteiger partial charge < -0.3 is 10.1 Å². The SMILES string of the molecule is COC(=O)c1ccc(Cl)cc1NC1CCc2sc(Cl)cc21. The number of anilines is 1. The largest absolute Gasteiger partial charge is 0.465 e. The zero-order valence-corrected chi connectivity index (χ0v) is 13.6. The second-order valence-corrected chi connectivity index (χ2v) is 7.05. The van der Waals surface area contributed by atoms with Gasteiger partial charge in [-0.3, -0.25) is 0 Å². The fourth-order valence-electron chi connectivity index (χ4n) is 2.59. The van der Waals surface area contributed by atoms with E-state index in [2.05, 4.69) is 5.32 Å². The van der Waals surface area contributed by atoms with Gasteiger partial charge in [0.25, 0.3) is 0 Å². The summed E-state index contributed by atoms with van der Waals surface area (Å²) in [4.78, 5) is 13.1. The molecule has 1 aliphatic rings. The molecule has 0 fully saturated rings. The lowest BCUT2D eigenvalue weighted by Gasteiger charge is -2.17. The molecule has 3 rings (SSSR count). The Morgan fingerprint density at radius 1 is 1.38 bits per heavy atom. The van der Waals surface area contributed by atoms with E-state index in [1.165, 1.54) is 17.6 Å². The lowest BCUT2D eigenvalue weighted by atomic mass is 10.1. The molecule has 0 saturated carbocycles. The van der Waals surface area contributed by atoms with E-state index in [0.29, 0.717) is 16.3 Å². The molecule has 0 aliphatic heterocycles. The average Bonchev–Trinajstić information content (AvgIpc) is 2.99. The molecule has 0 amide bonds. The van der Waals surface area contributed by atoms with Gasteiger partial charge >= 0.3 is 5.97 Å². The van der Waals surface area contributed by atoms with Gasteiger partial charge in [0, 0.05) is 9.90 Å². The molecule has 1 N–H and O–H groups in total. The minimum atomic E-state index is -0.379. The number of ether oxygens (including phenoxy) is 1. The van der Waals surface area contributed by atoms with Gasteiger partial charge in [-0.2, -0.15) is 0 Å². The van der Waals surface area contributed by atoms with Crippen LogP contribution in [0.5, 0.6) is 0 Å². The lowest BCUT2D eigenvalue weighted by molar-refractivity contribution is 0.0602. The van der Waals surface area contributed by atoms with E-state index in [1.807, 2.05) is 6.07 Å². The van der Waals surface area contributed by atoms with Crippen LogP contribution in [-0.4, -0.2) is 13.1 Å². The van der Waals surface area contributed by atoms with Crippen molar-refractivity contribution >= 4 is 46.2 Å². The molecule has 6 heteroatoms. The van der Waals surface area contributed by atoms with E-state index in [-0.39, 0.29) is 12.0 Å². The van der Waals surface area contributed by atoms with E-state index in [0.717, 1.165) is 17.2 Å². The monoisotopic (exact) mass is 341 g/mol. The third-order valence-electron chi connectivity index (χ3n) is 3.56. The number of esters is 1. The fourth-order valence-corrected chi connectivity index (χ4v) is 4.12. The Morgan fingerprint density at radius 2 is 2.19 bits per heavy atom. The number of aryl methyl sites for hydroxylation is 1. The number of halogens is 2. The highest BCUT2D eigenvalue weighted by molar-refractivity contribution is 7.16. The van der Waals surface area contributed by atoms with E-state index in [4.69, 9.17) is 27.9 Å². The Bertz CT molecular complexity index is 699. The average molecular weight is 342 g/mol. The molecule has 2 aromatic rings. The van der Waals surface area contributed by atoms with Crippen molar-refractivity contribution in [2.45, 2.75) is 18.9 Å². The molecule has 0 radical (unpaired) electrons. The second kappa shape index (κ2) is 5.87. The number of hydrogen-bond acceptors (Lipinski definition) is 4. The summed E-state index contributed by atoms with van der Waals surface area (Å²) in [5.74, 6) is -0.379. The van der Waals surface area contributed by atoms with Crippen molar-refractivity contribution in [2.75, 3.05) is 12.4 Å². The number of carbonyl (C=O) groups excluding carboxylic acids is 1. The summed E-state index contributed by atoms with van der Waals surface area (Å²) in [7, 11) is 1.37. The maximum atomic E-state index is 11.8. The van der Waals surface area contributed by atoms with Crippen molar-refractivity contribution in [1.82, 2.24) is 0 Å². The fraction of sp³-hybridized carbons (Fsp3) is 0.267. The molecular formula is C15H13Cl2NO2S. The lowest BCUT2D eigenvalue weighted by Crippen LogP contribution is -2.12. The van der Waals surface area contributed by atoms with Crippen LogP contribution in [0.3, 0.4) is 0 Å². The van der Waals surface area contributed by atoms with Gasteiger partial charge in [-0.15, -0.1) is 11.3 Å². The summed E-state index contributed by atoms with van der Waals surface area (Å²) >= 11 is 13.7. The molecule has 3 nitrogen and oxygen atoms in total. The summed E-state index contributed by atoms with van der Waals surface area (Å²) < 4.78 is 5.61. The first-order valence-corrected chi connectivity index (χ1v) is 8.08. The number of methoxy groups -OCH3 is 1. The number of thiophene rings is 1. The third kappa shape index (κ3) is 2.89. The molecule has 1 aromatic heterocycles. The molecule has 1 aliphatic carbocycles. The quantitative estimate of drug-likeness (QED) is 0.803. The second-order valence-electron chi connectivity index (χ2n) is 4.85. The van der Waals surface area contributed by atoms with Crippen LogP contribution >= 0.6 is 34.5 Å². The van der Waals surface area contributed by atoms with Crippen molar-refractivity contribution in [3.8, 4) is 0 Å². The number of rotatable bonds is 3. The first kappa shape index (κ1) is 14.7. The highest BCUT2D eigenvalue weighted by atomic mass is 35.5. The number of nitrogens with one attached hydrogen (secondary N) is 1. The summed E-state index contributed by atoms with van der Waals surface area (Å²) in [6, 6.07) is 7.24. The van der Waals surface area contributed by atoms with Gasteiger partial charge in [-0.1, -0.05) is 23.2 Å². The maximum absolute atomic E-state index is 11.8. The first-order chi connectivity index (χ1) is 10.1. The highest BCUT2D eigenvalue weighted by Crippen LogP contribution is 2.41. The number of carbonyl (C=O) groups is 1. The Morgan fingerprint density at radius 3 is 2.95 bits per heavy atom. The van der Waals surface area contributed by atoms with Gasteiger partial charge in [0.15, 0.2) is 0 Å². The molecular weight excluding hydrogens is 329 g/mol. The maximum Gasteiger partial charge on any atom is 0.339 e. The van der Waals surface area contributed by atoms with Gasteiger partial charge in [0.05, 0.1) is 28.7 Å². The van der Waals surface area contributed by atoms with Crippen molar-refractivity contribution < 1.29 is 9.53 Å². The van der Waals surface area contributed by atoms with E-state index >= 15 is 0 Å². The normalized spacial score (nSPS) is 16.6. The molecule has 110 valence electrons. The molecule has 1 aromatic carbocycles. The van der Waals surface area contributed by atoms with Crippen LogP contribution in [0.4, 0.5) is 5.69 Å². The minimum Gasteiger partial charge on any atom is -0.465 e. The van der Waals surface area contributed by atoms with Crippen LogP contribution in [0.15, 0.2) is 24.3 Å². The molecule has 0 spiro atoms. The first-order valence-electron chi connectivity index (χ1n) is 6.51. The number of benzene rings is 1. The number of fused-ring (bicyclic) bond motifs is 1. The van der Waals surface area contributed by atoms with Crippen LogP contribution in [0, 0.1) is 0 Å². The van der Waals surface area contributed by atoms with Crippen LogP contribution < -0.4 is 5.32 Å². The Balaban J connectivity index is 1.91. The zero-order valence-electron chi connectivity index (χ0n) is 11.3. The third-order valence-corrected chi connectivity index (χ3v) is 5.14. The van der Waals surface area contributed by atoms with Gasteiger partial charge in [-0.05, 0) is 42.7 Å². The molecule has 1 unspecified atom stereocenters. The zero-order chi connectivity index (χ0) is 15.0.